The molecule has 0 aliphatic carbocycles. The average Bonchev–Trinajstić information content (AvgIpc) is 2.34. The maximum absolute atomic E-state index is 11.4. The zero-order valence-electron chi connectivity index (χ0n) is 8.82. The molecule has 0 aromatic heterocycles. The molecule has 0 bridgehead atoms. The standard InChI is InChI=1S/C13H10O2S/c1-3-10-11(13(15)12(10)14)8-4-6-9(16-2)7-5-8/h3-7H,1H2,2H3. The van der Waals surface area contributed by atoms with E-state index in [-0.39, 0.29) is 0 Å². The predicted octanol–water partition coefficient (Wildman–Crippen LogP) is 2.31. The Morgan fingerprint density at radius 2 is 1.75 bits per heavy atom. The molecule has 0 fully saturated rings. The SMILES string of the molecule is C=Cc1c(-c2ccc(SC)cc2)c(=O)c1=O. The number of thioether (sulfide) groups is 1. The first-order valence-corrected chi connectivity index (χ1v) is 6.01. The smallest absolute Gasteiger partial charge is 0.234 e. The minimum atomic E-state index is -0.432. The van der Waals surface area contributed by atoms with E-state index in [1.807, 2.05) is 30.5 Å². The largest absolute Gasteiger partial charge is 0.285 e. The van der Waals surface area contributed by atoms with Gasteiger partial charge in [0.25, 0.3) is 0 Å². The van der Waals surface area contributed by atoms with Gasteiger partial charge in [0, 0.05) is 16.0 Å². The Bertz CT molecular complexity index is 602. The zero-order chi connectivity index (χ0) is 11.7. The monoisotopic (exact) mass is 230 g/mol. The molecule has 0 spiro atoms. The van der Waals surface area contributed by atoms with Crippen LogP contribution in [0.3, 0.4) is 0 Å². The first-order chi connectivity index (χ1) is 7.69. The van der Waals surface area contributed by atoms with Crippen molar-refractivity contribution in [3.63, 3.8) is 0 Å². The Balaban J connectivity index is 2.52. The molecular formula is C13H10O2S. The molecule has 2 aromatic carbocycles. The second-order valence-electron chi connectivity index (χ2n) is 3.38. The summed E-state index contributed by atoms with van der Waals surface area (Å²) in [5, 5.41) is 0. The molecule has 0 N–H and O–H groups in total. The summed E-state index contributed by atoms with van der Waals surface area (Å²) in [6, 6.07) is 7.58. The van der Waals surface area contributed by atoms with Crippen LogP contribution >= 0.6 is 11.8 Å². The van der Waals surface area contributed by atoms with Crippen LogP contribution in [-0.2, 0) is 0 Å². The van der Waals surface area contributed by atoms with Crippen molar-refractivity contribution < 1.29 is 0 Å². The summed E-state index contributed by atoms with van der Waals surface area (Å²) < 4.78 is 0. The summed E-state index contributed by atoms with van der Waals surface area (Å²) in [6.07, 6.45) is 3.43. The van der Waals surface area contributed by atoms with Crippen molar-refractivity contribution >= 4 is 17.8 Å². The third-order valence-electron chi connectivity index (χ3n) is 2.53. The maximum atomic E-state index is 11.4. The van der Waals surface area contributed by atoms with Crippen LogP contribution in [0.15, 0.2) is 45.3 Å². The van der Waals surface area contributed by atoms with E-state index >= 15 is 0 Å². The number of hydrogen-bond acceptors (Lipinski definition) is 3. The van der Waals surface area contributed by atoms with Crippen molar-refractivity contribution in [3.05, 3.63) is 56.9 Å². The highest BCUT2D eigenvalue weighted by Crippen LogP contribution is 2.23. The van der Waals surface area contributed by atoms with Gasteiger partial charge in [-0.2, -0.15) is 0 Å². The topological polar surface area (TPSA) is 34.1 Å². The lowest BCUT2D eigenvalue weighted by molar-refractivity contribution is 1.36. The molecule has 0 heterocycles. The van der Waals surface area contributed by atoms with Crippen molar-refractivity contribution in [2.75, 3.05) is 6.26 Å². The van der Waals surface area contributed by atoms with Crippen LogP contribution in [-0.4, -0.2) is 6.26 Å². The fourth-order valence-corrected chi connectivity index (χ4v) is 2.06. The Labute approximate surface area is 97.3 Å². The average molecular weight is 230 g/mol. The van der Waals surface area contributed by atoms with E-state index in [1.54, 1.807) is 11.8 Å². The van der Waals surface area contributed by atoms with Crippen molar-refractivity contribution in [1.82, 2.24) is 0 Å². The molecule has 0 saturated heterocycles. The van der Waals surface area contributed by atoms with Gasteiger partial charge in [-0.3, -0.25) is 9.59 Å². The van der Waals surface area contributed by atoms with E-state index in [0.29, 0.717) is 11.1 Å². The third kappa shape index (κ3) is 1.53. The molecular weight excluding hydrogens is 220 g/mol. The van der Waals surface area contributed by atoms with Crippen LogP contribution in [0.2, 0.25) is 0 Å². The van der Waals surface area contributed by atoms with Crippen LogP contribution in [0.4, 0.5) is 0 Å². The van der Waals surface area contributed by atoms with Gasteiger partial charge in [-0.15, -0.1) is 11.8 Å². The Hall–Kier alpha value is -1.61. The van der Waals surface area contributed by atoms with E-state index in [1.165, 1.54) is 6.08 Å². The normalized spacial score (nSPS) is 10.6. The lowest BCUT2D eigenvalue weighted by atomic mass is 9.94. The van der Waals surface area contributed by atoms with E-state index < -0.39 is 10.9 Å². The third-order valence-corrected chi connectivity index (χ3v) is 3.27. The highest BCUT2D eigenvalue weighted by Gasteiger charge is 2.19. The van der Waals surface area contributed by atoms with Crippen molar-refractivity contribution in [1.29, 1.82) is 0 Å². The van der Waals surface area contributed by atoms with Crippen LogP contribution < -0.4 is 10.9 Å². The molecule has 2 rings (SSSR count). The minimum absolute atomic E-state index is 0.410. The van der Waals surface area contributed by atoms with Gasteiger partial charge < -0.3 is 0 Å². The second-order valence-corrected chi connectivity index (χ2v) is 4.26. The minimum Gasteiger partial charge on any atom is -0.285 e. The molecule has 0 radical (unpaired) electrons. The molecule has 0 atom stereocenters. The summed E-state index contributed by atoms with van der Waals surface area (Å²) in [4.78, 5) is 23.8. The highest BCUT2D eigenvalue weighted by atomic mass is 32.2. The molecule has 0 aliphatic heterocycles. The molecule has 3 heteroatoms. The molecule has 16 heavy (non-hydrogen) atoms. The fraction of sp³-hybridized carbons (Fsp3) is 0.0769. The highest BCUT2D eigenvalue weighted by molar-refractivity contribution is 7.98. The summed E-state index contributed by atoms with van der Waals surface area (Å²) in [6.45, 7) is 3.54. The van der Waals surface area contributed by atoms with Crippen molar-refractivity contribution in [2.24, 2.45) is 0 Å². The van der Waals surface area contributed by atoms with Gasteiger partial charge in [0.15, 0.2) is 0 Å². The Morgan fingerprint density at radius 1 is 1.12 bits per heavy atom. The molecule has 0 amide bonds. The quantitative estimate of drug-likeness (QED) is 0.599. The van der Waals surface area contributed by atoms with Crippen LogP contribution in [0.5, 0.6) is 0 Å². The predicted molar refractivity (Wildman–Crippen MR) is 68.7 cm³/mol. The number of hydrogen-bond donors (Lipinski definition) is 0. The summed E-state index contributed by atoms with van der Waals surface area (Å²) in [5.41, 5.74) is 0.873. The summed E-state index contributed by atoms with van der Waals surface area (Å²) >= 11 is 1.63. The van der Waals surface area contributed by atoms with Crippen molar-refractivity contribution in [3.8, 4) is 11.1 Å². The summed E-state index contributed by atoms with van der Waals surface area (Å²) in [7, 11) is 0. The molecule has 2 nitrogen and oxygen atoms in total. The van der Waals surface area contributed by atoms with Crippen LogP contribution in [0.25, 0.3) is 17.2 Å². The van der Waals surface area contributed by atoms with E-state index in [2.05, 4.69) is 6.58 Å². The first kappa shape index (κ1) is 10.9. The maximum Gasteiger partial charge on any atom is 0.234 e. The molecule has 2 aromatic rings. The van der Waals surface area contributed by atoms with Crippen LogP contribution in [0, 0.1) is 0 Å². The zero-order valence-corrected chi connectivity index (χ0v) is 9.64. The van der Waals surface area contributed by atoms with E-state index in [0.717, 1.165) is 10.5 Å². The van der Waals surface area contributed by atoms with Gasteiger partial charge in [-0.25, -0.2) is 0 Å². The van der Waals surface area contributed by atoms with Crippen molar-refractivity contribution in [2.45, 2.75) is 4.90 Å². The molecule has 0 aliphatic rings. The molecule has 80 valence electrons. The summed E-state index contributed by atoms with van der Waals surface area (Å²) in [5.74, 6) is 0. The van der Waals surface area contributed by atoms with Gasteiger partial charge in [0.1, 0.15) is 0 Å². The van der Waals surface area contributed by atoms with Gasteiger partial charge in [-0.1, -0.05) is 24.8 Å². The van der Waals surface area contributed by atoms with E-state index in [9.17, 15) is 9.59 Å². The lowest BCUT2D eigenvalue weighted by Gasteiger charge is -2.07. The Kier molecular flexibility index (Phi) is 2.79. The van der Waals surface area contributed by atoms with Gasteiger partial charge in [0.05, 0.1) is 0 Å². The molecule has 0 saturated carbocycles. The van der Waals surface area contributed by atoms with Gasteiger partial charge in [-0.05, 0) is 24.0 Å². The second kappa shape index (κ2) is 4.10. The van der Waals surface area contributed by atoms with E-state index in [4.69, 9.17) is 0 Å². The van der Waals surface area contributed by atoms with Gasteiger partial charge in [0.2, 0.25) is 10.9 Å². The van der Waals surface area contributed by atoms with Crippen LogP contribution in [0.1, 0.15) is 5.56 Å². The molecule has 0 unspecified atom stereocenters. The Morgan fingerprint density at radius 3 is 2.25 bits per heavy atom. The van der Waals surface area contributed by atoms with Gasteiger partial charge >= 0.3 is 0 Å². The first-order valence-electron chi connectivity index (χ1n) is 4.79. The number of benzene rings is 1. The number of rotatable bonds is 3. The lowest BCUT2D eigenvalue weighted by Crippen LogP contribution is -2.35. The fourth-order valence-electron chi connectivity index (χ4n) is 1.65.